The number of hydrogen-bond acceptors (Lipinski definition) is 3. The highest BCUT2D eigenvalue weighted by atomic mass is 15.2. The number of rotatable bonds is 5. The van der Waals surface area contributed by atoms with Gasteiger partial charge in [0, 0.05) is 38.3 Å². The Balaban J connectivity index is 1.89. The summed E-state index contributed by atoms with van der Waals surface area (Å²) in [5, 5.41) is 3.51. The smallest absolute Gasteiger partial charge is 0.0577 e. The Hall–Kier alpha value is -1.16. The van der Waals surface area contributed by atoms with E-state index < -0.39 is 0 Å². The Labute approximate surface area is 154 Å². The van der Waals surface area contributed by atoms with Gasteiger partial charge < -0.3 is 5.32 Å². The average Bonchev–Trinajstić information content (AvgIpc) is 2.67. The van der Waals surface area contributed by atoms with Gasteiger partial charge in [-0.1, -0.05) is 42.8 Å². The number of hydrogen-bond donors (Lipinski definition) is 1. The van der Waals surface area contributed by atoms with Crippen molar-refractivity contribution >= 4 is 0 Å². The fourth-order valence-corrected chi connectivity index (χ4v) is 4.70. The van der Waals surface area contributed by atoms with Crippen molar-refractivity contribution in [3.8, 4) is 0 Å². The Morgan fingerprint density at radius 3 is 2.48 bits per heavy atom. The summed E-state index contributed by atoms with van der Waals surface area (Å²) >= 11 is 0. The van der Waals surface area contributed by atoms with E-state index in [1.54, 1.807) is 5.57 Å². The molecule has 3 atom stereocenters. The van der Waals surface area contributed by atoms with Gasteiger partial charge in [-0.05, 0) is 51.3 Å². The van der Waals surface area contributed by atoms with Crippen molar-refractivity contribution in [3.05, 3.63) is 47.5 Å². The van der Waals surface area contributed by atoms with Gasteiger partial charge in [-0.3, -0.25) is 9.80 Å². The fraction of sp³-hybridized carbons (Fsp3) is 0.636. The zero-order valence-corrected chi connectivity index (χ0v) is 16.2. The molecule has 3 unspecified atom stereocenters. The summed E-state index contributed by atoms with van der Waals surface area (Å²) in [5.41, 5.74) is 3.01. The van der Waals surface area contributed by atoms with Crippen LogP contribution in [0.4, 0.5) is 0 Å². The van der Waals surface area contributed by atoms with Crippen LogP contribution in [0.2, 0.25) is 0 Å². The minimum absolute atomic E-state index is 0.400. The summed E-state index contributed by atoms with van der Waals surface area (Å²) in [6.45, 7) is 12.7. The van der Waals surface area contributed by atoms with Crippen LogP contribution in [0.15, 0.2) is 42.0 Å². The molecule has 2 aliphatic rings. The largest absolute Gasteiger partial charge is 0.314 e. The lowest BCUT2D eigenvalue weighted by Gasteiger charge is -2.44. The van der Waals surface area contributed by atoms with Crippen molar-refractivity contribution in [2.75, 3.05) is 32.7 Å². The summed E-state index contributed by atoms with van der Waals surface area (Å²) in [5.74, 6) is 0. The van der Waals surface area contributed by atoms with E-state index in [2.05, 4.69) is 72.3 Å². The third-order valence-electron chi connectivity index (χ3n) is 6.12. The first-order chi connectivity index (χ1) is 12.2. The highest BCUT2D eigenvalue weighted by molar-refractivity contribution is 5.31. The van der Waals surface area contributed by atoms with E-state index in [9.17, 15) is 0 Å². The lowest BCUT2D eigenvalue weighted by molar-refractivity contribution is 0.112. The molecular formula is C22H35N3. The number of piperidine rings is 1. The average molecular weight is 342 g/mol. The molecule has 2 aliphatic heterocycles. The van der Waals surface area contributed by atoms with Gasteiger partial charge in [0.25, 0.3) is 0 Å². The van der Waals surface area contributed by atoms with E-state index in [1.807, 2.05) is 0 Å². The Morgan fingerprint density at radius 1 is 1.12 bits per heavy atom. The number of allylic oxidation sites excluding steroid dienone is 1. The van der Waals surface area contributed by atoms with Gasteiger partial charge in [-0.15, -0.1) is 0 Å². The highest BCUT2D eigenvalue weighted by Gasteiger charge is 2.32. The van der Waals surface area contributed by atoms with E-state index in [-0.39, 0.29) is 0 Å². The van der Waals surface area contributed by atoms with Crippen LogP contribution < -0.4 is 5.32 Å². The first-order valence-corrected chi connectivity index (χ1v) is 10.1. The maximum atomic E-state index is 3.51. The van der Waals surface area contributed by atoms with Gasteiger partial charge in [0.1, 0.15) is 0 Å². The molecule has 0 aliphatic carbocycles. The molecule has 1 aromatic carbocycles. The van der Waals surface area contributed by atoms with Crippen molar-refractivity contribution in [1.82, 2.24) is 15.1 Å². The quantitative estimate of drug-likeness (QED) is 0.821. The van der Waals surface area contributed by atoms with E-state index in [0.717, 1.165) is 26.2 Å². The van der Waals surface area contributed by atoms with Gasteiger partial charge in [0.05, 0.1) is 6.04 Å². The van der Waals surface area contributed by atoms with Crippen LogP contribution in [-0.2, 0) is 0 Å². The van der Waals surface area contributed by atoms with Crippen molar-refractivity contribution in [2.45, 2.75) is 58.2 Å². The van der Waals surface area contributed by atoms with Gasteiger partial charge in [-0.2, -0.15) is 0 Å². The van der Waals surface area contributed by atoms with E-state index >= 15 is 0 Å². The molecule has 0 spiro atoms. The molecule has 0 aromatic heterocycles. The molecule has 2 fully saturated rings. The normalized spacial score (nSPS) is 26.4. The Bertz CT molecular complexity index is 548. The van der Waals surface area contributed by atoms with Crippen LogP contribution in [-0.4, -0.2) is 54.6 Å². The molecule has 3 heteroatoms. The van der Waals surface area contributed by atoms with Crippen molar-refractivity contribution < 1.29 is 0 Å². The summed E-state index contributed by atoms with van der Waals surface area (Å²) in [6.07, 6.45) is 6.46. The number of piperazine rings is 1. The zero-order valence-electron chi connectivity index (χ0n) is 16.2. The monoisotopic (exact) mass is 341 g/mol. The fourth-order valence-electron chi connectivity index (χ4n) is 4.70. The molecule has 0 radical (unpaired) electrons. The molecular weight excluding hydrogens is 306 g/mol. The molecule has 25 heavy (non-hydrogen) atoms. The molecule has 138 valence electrons. The third-order valence-corrected chi connectivity index (χ3v) is 6.12. The maximum Gasteiger partial charge on any atom is 0.0577 e. The number of nitrogens with one attached hydrogen (secondary N) is 1. The van der Waals surface area contributed by atoms with Crippen LogP contribution in [0.1, 0.15) is 51.6 Å². The minimum Gasteiger partial charge on any atom is -0.314 e. The van der Waals surface area contributed by atoms with E-state index in [1.165, 1.54) is 31.4 Å². The van der Waals surface area contributed by atoms with Crippen molar-refractivity contribution in [3.63, 3.8) is 0 Å². The van der Waals surface area contributed by atoms with Gasteiger partial charge in [-0.25, -0.2) is 0 Å². The number of likely N-dealkylation sites (tertiary alicyclic amines) is 1. The van der Waals surface area contributed by atoms with E-state index in [4.69, 9.17) is 0 Å². The molecule has 2 saturated heterocycles. The molecule has 0 bridgehead atoms. The van der Waals surface area contributed by atoms with Crippen LogP contribution in [0.5, 0.6) is 0 Å². The topological polar surface area (TPSA) is 18.5 Å². The first kappa shape index (κ1) is 18.6. The second-order valence-corrected chi connectivity index (χ2v) is 7.65. The SMILES string of the molecule is C/C=C(\C(c1ccccc1)N1CCNCC1)C(C)N1CCCCC1C. The predicted molar refractivity (Wildman–Crippen MR) is 107 cm³/mol. The van der Waals surface area contributed by atoms with Crippen molar-refractivity contribution in [2.24, 2.45) is 0 Å². The second kappa shape index (κ2) is 8.98. The molecule has 1 N–H and O–H groups in total. The molecule has 3 nitrogen and oxygen atoms in total. The second-order valence-electron chi connectivity index (χ2n) is 7.65. The van der Waals surface area contributed by atoms with Gasteiger partial charge in [0.15, 0.2) is 0 Å². The predicted octanol–water partition coefficient (Wildman–Crippen LogP) is 3.84. The van der Waals surface area contributed by atoms with Crippen LogP contribution in [0, 0.1) is 0 Å². The Morgan fingerprint density at radius 2 is 1.84 bits per heavy atom. The highest BCUT2D eigenvalue weighted by Crippen LogP contribution is 2.34. The molecule has 0 amide bonds. The first-order valence-electron chi connectivity index (χ1n) is 10.1. The maximum absolute atomic E-state index is 3.51. The Kier molecular flexibility index (Phi) is 6.69. The molecule has 2 heterocycles. The summed E-state index contributed by atoms with van der Waals surface area (Å²) < 4.78 is 0. The summed E-state index contributed by atoms with van der Waals surface area (Å²) in [4.78, 5) is 5.41. The molecule has 1 aromatic rings. The van der Waals surface area contributed by atoms with Gasteiger partial charge >= 0.3 is 0 Å². The standard InChI is InChI=1S/C22H35N3/c1-4-21(19(3)25-15-9-8-10-18(25)2)22(20-11-6-5-7-12-20)24-16-13-23-14-17-24/h4-7,11-12,18-19,22-23H,8-10,13-17H2,1-3H3/b21-4-. The van der Waals surface area contributed by atoms with E-state index in [0.29, 0.717) is 18.1 Å². The number of nitrogens with zero attached hydrogens (tertiary/aromatic N) is 2. The van der Waals surface area contributed by atoms with Crippen LogP contribution >= 0.6 is 0 Å². The summed E-state index contributed by atoms with van der Waals surface area (Å²) in [6, 6.07) is 12.7. The third kappa shape index (κ3) is 4.33. The van der Waals surface area contributed by atoms with Crippen LogP contribution in [0.3, 0.4) is 0 Å². The lowest BCUT2D eigenvalue weighted by atomic mass is 9.89. The number of benzene rings is 1. The molecule has 0 saturated carbocycles. The zero-order chi connectivity index (χ0) is 17.6. The summed E-state index contributed by atoms with van der Waals surface area (Å²) in [7, 11) is 0. The van der Waals surface area contributed by atoms with Gasteiger partial charge in [0.2, 0.25) is 0 Å². The van der Waals surface area contributed by atoms with Crippen molar-refractivity contribution in [1.29, 1.82) is 0 Å². The minimum atomic E-state index is 0.400. The molecule has 3 rings (SSSR count). The lowest BCUT2D eigenvalue weighted by Crippen LogP contribution is -2.49. The van der Waals surface area contributed by atoms with Crippen LogP contribution in [0.25, 0.3) is 0 Å².